The van der Waals surface area contributed by atoms with Crippen LogP contribution in [0.4, 0.5) is 23.7 Å². The van der Waals surface area contributed by atoms with Crippen LogP contribution in [0.1, 0.15) is 18.1 Å². The zero-order valence-electron chi connectivity index (χ0n) is 17.3. The second-order valence-electron chi connectivity index (χ2n) is 7.60. The average Bonchev–Trinajstić information content (AvgIpc) is 2.97. The number of hydrogen-bond donors (Lipinski definition) is 1. The largest absolute Gasteiger partial charge is 0.406 e. The molecule has 1 unspecified atom stereocenters. The standard InChI is InChI=1S/C21H19F3N4O5/c1-20(15-7-9-16(10-8-15)28(32)33)18(30)27(19(31)25-20)12-17(29)26(13-21(22,23)24)11-14-5-3-2-4-6-14/h2-10H,11-13H2,1H3,(H,25,31). The Kier molecular flexibility index (Phi) is 6.38. The van der Waals surface area contributed by atoms with Crippen LogP contribution in [0.3, 0.4) is 0 Å². The molecule has 0 bridgehead atoms. The Morgan fingerprint density at radius 3 is 2.27 bits per heavy atom. The first-order chi connectivity index (χ1) is 15.4. The number of imide groups is 1. The third kappa shape index (κ3) is 5.27. The number of benzene rings is 2. The van der Waals surface area contributed by atoms with Crippen molar-refractivity contribution in [3.63, 3.8) is 0 Å². The Hall–Kier alpha value is -3.96. The van der Waals surface area contributed by atoms with Gasteiger partial charge in [-0.05, 0) is 30.2 Å². The van der Waals surface area contributed by atoms with Gasteiger partial charge in [0.1, 0.15) is 18.6 Å². The minimum Gasteiger partial charge on any atom is -0.328 e. The first-order valence-corrected chi connectivity index (χ1v) is 9.68. The minimum absolute atomic E-state index is 0.220. The van der Waals surface area contributed by atoms with Crippen molar-refractivity contribution in [2.75, 3.05) is 13.1 Å². The minimum atomic E-state index is -4.69. The zero-order chi connectivity index (χ0) is 24.4. The fraction of sp³-hybridized carbons (Fsp3) is 0.286. The molecule has 1 aliphatic heterocycles. The number of nitrogens with one attached hydrogen (secondary N) is 1. The summed E-state index contributed by atoms with van der Waals surface area (Å²) in [5.41, 5.74) is -1.20. The van der Waals surface area contributed by atoms with Gasteiger partial charge >= 0.3 is 12.2 Å². The van der Waals surface area contributed by atoms with E-state index in [0.29, 0.717) is 15.4 Å². The molecule has 0 spiro atoms. The van der Waals surface area contributed by atoms with Gasteiger partial charge in [0.15, 0.2) is 0 Å². The van der Waals surface area contributed by atoms with E-state index in [-0.39, 0.29) is 17.8 Å². The molecule has 1 saturated heterocycles. The predicted octanol–water partition coefficient (Wildman–Crippen LogP) is 2.95. The summed E-state index contributed by atoms with van der Waals surface area (Å²) in [7, 11) is 0. The fourth-order valence-electron chi connectivity index (χ4n) is 3.44. The molecule has 2 aromatic carbocycles. The highest BCUT2D eigenvalue weighted by atomic mass is 19.4. The average molecular weight is 464 g/mol. The van der Waals surface area contributed by atoms with Gasteiger partial charge < -0.3 is 10.2 Å². The van der Waals surface area contributed by atoms with Crippen LogP contribution in [0.2, 0.25) is 0 Å². The maximum absolute atomic E-state index is 13.1. The van der Waals surface area contributed by atoms with Gasteiger partial charge in [0.2, 0.25) is 5.91 Å². The van der Waals surface area contributed by atoms with Crippen molar-refractivity contribution in [2.45, 2.75) is 25.2 Å². The molecule has 33 heavy (non-hydrogen) atoms. The molecule has 3 rings (SSSR count). The molecule has 0 aliphatic carbocycles. The van der Waals surface area contributed by atoms with Gasteiger partial charge in [0.05, 0.1) is 4.92 Å². The van der Waals surface area contributed by atoms with Crippen molar-refractivity contribution in [3.05, 3.63) is 75.8 Å². The normalized spacial score (nSPS) is 18.2. The number of hydrogen-bond acceptors (Lipinski definition) is 5. The highest BCUT2D eigenvalue weighted by Crippen LogP contribution is 2.30. The van der Waals surface area contributed by atoms with E-state index in [2.05, 4.69) is 5.32 Å². The molecule has 12 heteroatoms. The van der Waals surface area contributed by atoms with Crippen molar-refractivity contribution < 1.29 is 32.5 Å². The van der Waals surface area contributed by atoms with E-state index in [1.807, 2.05) is 0 Å². The van der Waals surface area contributed by atoms with Gasteiger partial charge in [0.25, 0.3) is 11.6 Å². The van der Waals surface area contributed by atoms with Crippen LogP contribution in [0.5, 0.6) is 0 Å². The summed E-state index contributed by atoms with van der Waals surface area (Å²) in [6, 6.07) is 11.9. The van der Waals surface area contributed by atoms with Gasteiger partial charge in [-0.25, -0.2) is 4.79 Å². The molecule has 1 aliphatic rings. The topological polar surface area (TPSA) is 113 Å². The van der Waals surface area contributed by atoms with Crippen LogP contribution in [0.25, 0.3) is 0 Å². The number of amides is 4. The molecule has 1 atom stereocenters. The summed E-state index contributed by atoms with van der Waals surface area (Å²) >= 11 is 0. The lowest BCUT2D eigenvalue weighted by atomic mass is 9.92. The van der Waals surface area contributed by atoms with Crippen molar-refractivity contribution in [1.82, 2.24) is 15.1 Å². The van der Waals surface area contributed by atoms with E-state index in [1.54, 1.807) is 30.3 Å². The number of nitro benzene ring substituents is 1. The quantitative estimate of drug-likeness (QED) is 0.385. The molecular formula is C21H19F3N4O5. The second-order valence-corrected chi connectivity index (χ2v) is 7.60. The Morgan fingerprint density at radius 1 is 1.12 bits per heavy atom. The van der Waals surface area contributed by atoms with Crippen LogP contribution in [-0.2, 0) is 21.7 Å². The fourth-order valence-corrected chi connectivity index (χ4v) is 3.44. The van der Waals surface area contributed by atoms with E-state index < -0.39 is 47.6 Å². The summed E-state index contributed by atoms with van der Waals surface area (Å²) in [6.45, 7) is -1.46. The van der Waals surface area contributed by atoms with Crippen LogP contribution in [0.15, 0.2) is 54.6 Å². The van der Waals surface area contributed by atoms with Gasteiger partial charge in [-0.3, -0.25) is 24.6 Å². The van der Waals surface area contributed by atoms with Crippen LogP contribution in [0, 0.1) is 10.1 Å². The Labute approximate surface area is 185 Å². The van der Waals surface area contributed by atoms with Gasteiger partial charge in [0, 0.05) is 18.7 Å². The number of halogens is 3. The zero-order valence-corrected chi connectivity index (χ0v) is 17.3. The molecule has 1 N–H and O–H groups in total. The molecule has 174 valence electrons. The number of nitro groups is 1. The van der Waals surface area contributed by atoms with E-state index in [4.69, 9.17) is 0 Å². The number of urea groups is 1. The number of carbonyl (C=O) groups excluding carboxylic acids is 3. The van der Waals surface area contributed by atoms with Crippen LogP contribution < -0.4 is 5.32 Å². The van der Waals surface area contributed by atoms with Crippen molar-refractivity contribution in [3.8, 4) is 0 Å². The Bertz CT molecular complexity index is 1080. The van der Waals surface area contributed by atoms with Crippen LogP contribution >= 0.6 is 0 Å². The van der Waals surface area contributed by atoms with E-state index in [9.17, 15) is 37.7 Å². The number of nitrogens with zero attached hydrogens (tertiary/aromatic N) is 3. The molecule has 0 radical (unpaired) electrons. The number of non-ortho nitro benzene ring substituents is 1. The number of rotatable bonds is 7. The molecule has 2 aromatic rings. The van der Waals surface area contributed by atoms with Crippen LogP contribution in [-0.4, -0.2) is 51.8 Å². The van der Waals surface area contributed by atoms with E-state index in [0.717, 1.165) is 12.1 Å². The molecular weight excluding hydrogens is 445 g/mol. The van der Waals surface area contributed by atoms with Crippen molar-refractivity contribution in [1.29, 1.82) is 0 Å². The summed E-state index contributed by atoms with van der Waals surface area (Å²) in [4.78, 5) is 49.4. The predicted molar refractivity (Wildman–Crippen MR) is 109 cm³/mol. The highest BCUT2D eigenvalue weighted by molar-refractivity contribution is 6.09. The summed E-state index contributed by atoms with van der Waals surface area (Å²) in [6.07, 6.45) is -4.69. The summed E-state index contributed by atoms with van der Waals surface area (Å²) in [5, 5.41) is 13.2. The summed E-state index contributed by atoms with van der Waals surface area (Å²) < 4.78 is 39.2. The third-order valence-corrected chi connectivity index (χ3v) is 5.16. The Morgan fingerprint density at radius 2 is 1.73 bits per heavy atom. The lowest BCUT2D eigenvalue weighted by Crippen LogP contribution is -2.46. The summed E-state index contributed by atoms with van der Waals surface area (Å²) in [5.74, 6) is -1.92. The molecule has 9 nitrogen and oxygen atoms in total. The molecule has 4 amide bonds. The lowest BCUT2D eigenvalue weighted by molar-refractivity contribution is -0.384. The third-order valence-electron chi connectivity index (χ3n) is 5.16. The monoisotopic (exact) mass is 464 g/mol. The smallest absolute Gasteiger partial charge is 0.328 e. The molecule has 0 aromatic heterocycles. The molecule has 1 heterocycles. The maximum Gasteiger partial charge on any atom is 0.406 e. The SMILES string of the molecule is CC1(c2ccc([N+](=O)[O-])cc2)NC(=O)N(CC(=O)N(Cc2ccccc2)CC(F)(F)F)C1=O. The number of alkyl halides is 3. The molecule has 1 fully saturated rings. The first-order valence-electron chi connectivity index (χ1n) is 9.68. The van der Waals surface area contributed by atoms with Crippen molar-refractivity contribution in [2.24, 2.45) is 0 Å². The van der Waals surface area contributed by atoms with Gasteiger partial charge in [-0.1, -0.05) is 30.3 Å². The van der Waals surface area contributed by atoms with E-state index >= 15 is 0 Å². The second kappa shape index (κ2) is 8.88. The highest BCUT2D eigenvalue weighted by Gasteiger charge is 2.50. The number of carbonyl (C=O) groups is 3. The lowest BCUT2D eigenvalue weighted by Gasteiger charge is -2.26. The Balaban J connectivity index is 1.80. The van der Waals surface area contributed by atoms with Crippen molar-refractivity contribution >= 4 is 23.5 Å². The maximum atomic E-state index is 13.1. The van der Waals surface area contributed by atoms with Gasteiger partial charge in [-0.15, -0.1) is 0 Å². The molecule has 0 saturated carbocycles. The van der Waals surface area contributed by atoms with E-state index in [1.165, 1.54) is 19.1 Å². The first kappa shape index (κ1) is 23.7. The van der Waals surface area contributed by atoms with Gasteiger partial charge in [-0.2, -0.15) is 13.2 Å².